The second-order valence-electron chi connectivity index (χ2n) is 4.61. The molecule has 0 fully saturated rings. The van der Waals surface area contributed by atoms with E-state index in [2.05, 4.69) is 11.8 Å². The first-order valence-corrected chi connectivity index (χ1v) is 6.82. The number of hydrogen-bond acceptors (Lipinski definition) is 1. The molecule has 0 saturated carbocycles. The Morgan fingerprint density at radius 1 is 1.00 bits per heavy atom. The molecule has 1 nitrogen and oxygen atoms in total. The molecule has 2 aromatic carbocycles. The third-order valence-electron chi connectivity index (χ3n) is 2.96. The van der Waals surface area contributed by atoms with E-state index in [1.165, 1.54) is 12.1 Å². The van der Waals surface area contributed by atoms with E-state index in [0.29, 0.717) is 16.7 Å². The number of benzene rings is 2. The SMILES string of the molecule is CCC=Cc1cc(F)c(C#Cc2ccc(C#N)cc2)c(F)c1. The van der Waals surface area contributed by atoms with Crippen LogP contribution in [0.5, 0.6) is 0 Å². The molecule has 0 aliphatic heterocycles. The molecular formula is C19H13F2N. The summed E-state index contributed by atoms with van der Waals surface area (Å²) in [6.45, 7) is 1.95. The van der Waals surface area contributed by atoms with E-state index in [0.717, 1.165) is 6.42 Å². The van der Waals surface area contributed by atoms with Crippen LogP contribution in [-0.4, -0.2) is 0 Å². The van der Waals surface area contributed by atoms with Crippen molar-refractivity contribution in [2.75, 3.05) is 0 Å². The van der Waals surface area contributed by atoms with Gasteiger partial charge in [0.2, 0.25) is 0 Å². The highest BCUT2D eigenvalue weighted by Crippen LogP contribution is 2.16. The van der Waals surface area contributed by atoms with Crippen molar-refractivity contribution in [1.82, 2.24) is 0 Å². The third-order valence-corrected chi connectivity index (χ3v) is 2.96. The van der Waals surface area contributed by atoms with Crippen LogP contribution in [-0.2, 0) is 0 Å². The Balaban J connectivity index is 2.32. The molecule has 0 aliphatic rings. The first-order valence-electron chi connectivity index (χ1n) is 6.82. The lowest BCUT2D eigenvalue weighted by Gasteiger charge is -2.00. The molecule has 0 amide bonds. The summed E-state index contributed by atoms with van der Waals surface area (Å²) < 4.78 is 27.9. The number of hydrogen-bond donors (Lipinski definition) is 0. The predicted octanol–water partition coefficient (Wildman–Crippen LogP) is 4.66. The van der Waals surface area contributed by atoms with Crippen molar-refractivity contribution in [1.29, 1.82) is 5.26 Å². The normalized spacial score (nSPS) is 10.1. The molecule has 0 heterocycles. The van der Waals surface area contributed by atoms with Gasteiger partial charge in [-0.2, -0.15) is 5.26 Å². The van der Waals surface area contributed by atoms with Crippen molar-refractivity contribution in [3.8, 4) is 17.9 Å². The van der Waals surface area contributed by atoms with Crippen molar-refractivity contribution >= 4 is 6.08 Å². The fourth-order valence-corrected chi connectivity index (χ4v) is 1.83. The van der Waals surface area contributed by atoms with Gasteiger partial charge in [-0.3, -0.25) is 0 Å². The molecule has 0 aliphatic carbocycles. The van der Waals surface area contributed by atoms with E-state index >= 15 is 0 Å². The molecule has 108 valence electrons. The Labute approximate surface area is 128 Å². The van der Waals surface area contributed by atoms with Crippen LogP contribution in [0.3, 0.4) is 0 Å². The van der Waals surface area contributed by atoms with Gasteiger partial charge in [0.15, 0.2) is 0 Å². The third kappa shape index (κ3) is 3.81. The van der Waals surface area contributed by atoms with Gasteiger partial charge in [-0.05, 0) is 48.4 Å². The van der Waals surface area contributed by atoms with Gasteiger partial charge in [0, 0.05) is 5.56 Å². The largest absolute Gasteiger partial charge is 0.205 e. The van der Waals surface area contributed by atoms with Crippen LogP contribution >= 0.6 is 0 Å². The number of rotatable bonds is 2. The second-order valence-corrected chi connectivity index (χ2v) is 4.61. The maximum Gasteiger partial charge on any atom is 0.142 e. The van der Waals surface area contributed by atoms with Gasteiger partial charge in [-0.1, -0.05) is 30.9 Å². The van der Waals surface area contributed by atoms with Crippen molar-refractivity contribution < 1.29 is 8.78 Å². The summed E-state index contributed by atoms with van der Waals surface area (Å²) in [5.41, 5.74) is 1.32. The number of nitriles is 1. The van der Waals surface area contributed by atoms with Crippen molar-refractivity contribution in [3.63, 3.8) is 0 Å². The molecule has 0 spiro atoms. The first kappa shape index (κ1) is 15.5. The fourth-order valence-electron chi connectivity index (χ4n) is 1.83. The molecule has 22 heavy (non-hydrogen) atoms. The molecule has 3 heteroatoms. The highest BCUT2D eigenvalue weighted by molar-refractivity contribution is 5.53. The Morgan fingerprint density at radius 3 is 2.14 bits per heavy atom. The van der Waals surface area contributed by atoms with E-state index < -0.39 is 11.6 Å². The fraction of sp³-hybridized carbons (Fsp3) is 0.105. The summed E-state index contributed by atoms with van der Waals surface area (Å²) in [5, 5.41) is 8.71. The molecule has 0 unspecified atom stereocenters. The highest BCUT2D eigenvalue weighted by atomic mass is 19.1. The molecule has 0 aromatic heterocycles. The van der Waals surface area contributed by atoms with Gasteiger partial charge in [-0.25, -0.2) is 8.78 Å². The summed E-state index contributed by atoms with van der Waals surface area (Å²) >= 11 is 0. The van der Waals surface area contributed by atoms with E-state index in [1.54, 1.807) is 30.3 Å². The minimum atomic E-state index is -0.683. The molecular weight excluding hydrogens is 280 g/mol. The van der Waals surface area contributed by atoms with Gasteiger partial charge in [0.05, 0.1) is 17.2 Å². The number of allylic oxidation sites excluding steroid dienone is 1. The predicted molar refractivity (Wildman–Crippen MR) is 82.8 cm³/mol. The summed E-state index contributed by atoms with van der Waals surface area (Å²) in [6, 6.07) is 11.0. The zero-order valence-corrected chi connectivity index (χ0v) is 12.0. The van der Waals surface area contributed by atoms with Crippen molar-refractivity contribution in [2.45, 2.75) is 13.3 Å². The topological polar surface area (TPSA) is 23.8 Å². The molecule has 0 N–H and O–H groups in total. The monoisotopic (exact) mass is 293 g/mol. The lowest BCUT2D eigenvalue weighted by atomic mass is 10.1. The average Bonchev–Trinajstić information content (AvgIpc) is 2.52. The van der Waals surface area contributed by atoms with E-state index in [4.69, 9.17) is 5.26 Å². The standard InChI is InChI=1S/C19H13F2N/c1-2-3-4-16-11-18(20)17(19(21)12-16)10-9-14-5-7-15(13-22)8-6-14/h3-8,11-12H,2H2,1H3. The zero-order valence-electron chi connectivity index (χ0n) is 12.0. The summed E-state index contributed by atoms with van der Waals surface area (Å²) in [7, 11) is 0. The van der Waals surface area contributed by atoms with Crippen LogP contribution in [0.15, 0.2) is 42.5 Å². The Hall–Kier alpha value is -2.91. The number of nitrogens with zero attached hydrogens (tertiary/aromatic N) is 1. The molecule has 0 atom stereocenters. The van der Waals surface area contributed by atoms with Crippen molar-refractivity contribution in [3.05, 3.63) is 76.4 Å². The molecule has 0 bridgehead atoms. The quantitative estimate of drug-likeness (QED) is 0.739. The van der Waals surface area contributed by atoms with Gasteiger partial charge < -0.3 is 0 Å². The van der Waals surface area contributed by atoms with Crippen LogP contribution < -0.4 is 0 Å². The van der Waals surface area contributed by atoms with Gasteiger partial charge in [-0.15, -0.1) is 0 Å². The maximum atomic E-state index is 13.9. The average molecular weight is 293 g/mol. The number of halogens is 2. The summed E-state index contributed by atoms with van der Waals surface area (Å²) in [4.78, 5) is 0. The Bertz CT molecular complexity index is 777. The van der Waals surface area contributed by atoms with Crippen LogP contribution in [0, 0.1) is 34.8 Å². The van der Waals surface area contributed by atoms with Crippen molar-refractivity contribution in [2.24, 2.45) is 0 Å². The molecule has 0 saturated heterocycles. The zero-order chi connectivity index (χ0) is 15.9. The van der Waals surface area contributed by atoms with Crippen LogP contribution in [0.1, 0.15) is 35.6 Å². The van der Waals surface area contributed by atoms with Gasteiger partial charge >= 0.3 is 0 Å². The highest BCUT2D eigenvalue weighted by Gasteiger charge is 2.07. The lowest BCUT2D eigenvalue weighted by Crippen LogP contribution is -1.92. The maximum absolute atomic E-state index is 13.9. The first-order chi connectivity index (χ1) is 10.6. The smallest absolute Gasteiger partial charge is 0.142 e. The molecule has 2 rings (SSSR count). The lowest BCUT2D eigenvalue weighted by molar-refractivity contribution is 0.577. The molecule has 2 aromatic rings. The van der Waals surface area contributed by atoms with Gasteiger partial charge in [0.25, 0.3) is 0 Å². The van der Waals surface area contributed by atoms with E-state index in [-0.39, 0.29) is 5.56 Å². The Kier molecular flexibility index (Phi) is 5.07. The summed E-state index contributed by atoms with van der Waals surface area (Å²) in [5.74, 6) is 3.84. The Morgan fingerprint density at radius 2 is 1.59 bits per heavy atom. The second kappa shape index (κ2) is 7.20. The van der Waals surface area contributed by atoms with Crippen LogP contribution in [0.2, 0.25) is 0 Å². The summed E-state index contributed by atoms with van der Waals surface area (Å²) in [6.07, 6.45) is 4.30. The van der Waals surface area contributed by atoms with E-state index in [9.17, 15) is 8.78 Å². The van der Waals surface area contributed by atoms with E-state index in [1.807, 2.05) is 19.1 Å². The molecule has 0 radical (unpaired) electrons. The van der Waals surface area contributed by atoms with Gasteiger partial charge in [0.1, 0.15) is 11.6 Å². The van der Waals surface area contributed by atoms with Crippen LogP contribution in [0.25, 0.3) is 6.08 Å². The van der Waals surface area contributed by atoms with Crippen LogP contribution in [0.4, 0.5) is 8.78 Å². The minimum Gasteiger partial charge on any atom is -0.205 e. The minimum absolute atomic E-state index is 0.252.